The monoisotopic (exact) mass is 150 g/mol. The topological polar surface area (TPSA) is 38.0 Å². The molecule has 0 aliphatic carbocycles. The summed E-state index contributed by atoms with van der Waals surface area (Å²) in [6.07, 6.45) is 1.08. The van der Waals surface area contributed by atoms with Crippen molar-refractivity contribution in [2.45, 2.75) is 19.9 Å². The first-order chi connectivity index (χ1) is 5.36. The van der Waals surface area contributed by atoms with Gasteiger partial charge in [0.15, 0.2) is 0 Å². The molecule has 2 heteroatoms. The number of hydrazine groups is 1. The van der Waals surface area contributed by atoms with E-state index in [0.29, 0.717) is 0 Å². The molecular formula is C9H14N2. The van der Waals surface area contributed by atoms with E-state index in [0.717, 1.165) is 13.0 Å². The van der Waals surface area contributed by atoms with Crippen LogP contribution in [0.2, 0.25) is 0 Å². The van der Waals surface area contributed by atoms with Crippen LogP contribution >= 0.6 is 0 Å². The van der Waals surface area contributed by atoms with Gasteiger partial charge in [-0.05, 0) is 17.5 Å². The van der Waals surface area contributed by atoms with Gasteiger partial charge in [0.25, 0.3) is 0 Å². The SMILES string of the molecule is CCc1cccc(CNN)c1. The van der Waals surface area contributed by atoms with E-state index in [1.807, 2.05) is 0 Å². The van der Waals surface area contributed by atoms with Crippen LogP contribution in [0.3, 0.4) is 0 Å². The Balaban J connectivity index is 2.74. The fourth-order valence-electron chi connectivity index (χ4n) is 1.08. The van der Waals surface area contributed by atoms with Gasteiger partial charge < -0.3 is 0 Å². The highest BCUT2D eigenvalue weighted by Gasteiger charge is 1.91. The number of nitrogens with two attached hydrogens (primary N) is 1. The number of benzene rings is 1. The Bertz CT molecular complexity index is 221. The molecule has 1 aromatic rings. The number of hydrogen-bond donors (Lipinski definition) is 2. The Morgan fingerprint density at radius 2 is 2.09 bits per heavy atom. The maximum Gasteiger partial charge on any atom is 0.0348 e. The highest BCUT2D eigenvalue weighted by atomic mass is 15.2. The molecule has 60 valence electrons. The number of hydrogen-bond acceptors (Lipinski definition) is 2. The van der Waals surface area contributed by atoms with E-state index in [9.17, 15) is 0 Å². The summed E-state index contributed by atoms with van der Waals surface area (Å²) in [5, 5.41) is 0. The summed E-state index contributed by atoms with van der Waals surface area (Å²) >= 11 is 0. The lowest BCUT2D eigenvalue weighted by Crippen LogP contribution is -2.20. The molecule has 0 bridgehead atoms. The van der Waals surface area contributed by atoms with Crippen LogP contribution in [0.4, 0.5) is 0 Å². The molecule has 0 aliphatic heterocycles. The number of rotatable bonds is 3. The van der Waals surface area contributed by atoms with Gasteiger partial charge in [-0.3, -0.25) is 11.3 Å². The van der Waals surface area contributed by atoms with Crippen LogP contribution in [0, 0.1) is 0 Å². The fourth-order valence-corrected chi connectivity index (χ4v) is 1.08. The first-order valence-electron chi connectivity index (χ1n) is 3.88. The predicted octanol–water partition coefficient (Wildman–Crippen LogP) is 1.21. The summed E-state index contributed by atoms with van der Waals surface area (Å²) in [5.41, 5.74) is 5.24. The zero-order valence-electron chi connectivity index (χ0n) is 6.80. The second-order valence-electron chi connectivity index (χ2n) is 2.55. The van der Waals surface area contributed by atoms with Gasteiger partial charge in [-0.1, -0.05) is 31.2 Å². The van der Waals surface area contributed by atoms with Gasteiger partial charge in [0, 0.05) is 6.54 Å². The Morgan fingerprint density at radius 3 is 2.73 bits per heavy atom. The molecule has 0 radical (unpaired) electrons. The normalized spacial score (nSPS) is 10.0. The van der Waals surface area contributed by atoms with Crippen LogP contribution in [0.25, 0.3) is 0 Å². The van der Waals surface area contributed by atoms with Gasteiger partial charge in [0.1, 0.15) is 0 Å². The molecule has 11 heavy (non-hydrogen) atoms. The Hall–Kier alpha value is -0.860. The van der Waals surface area contributed by atoms with Crippen molar-refractivity contribution in [2.75, 3.05) is 0 Å². The Kier molecular flexibility index (Phi) is 3.08. The van der Waals surface area contributed by atoms with Crippen LogP contribution < -0.4 is 11.3 Å². The molecule has 0 saturated heterocycles. The van der Waals surface area contributed by atoms with Crippen LogP contribution in [0.15, 0.2) is 24.3 Å². The molecule has 0 aromatic heterocycles. The van der Waals surface area contributed by atoms with Crippen molar-refractivity contribution < 1.29 is 0 Å². The maximum atomic E-state index is 5.20. The summed E-state index contributed by atoms with van der Waals surface area (Å²) in [6.45, 7) is 2.89. The first-order valence-corrected chi connectivity index (χ1v) is 3.88. The number of nitrogens with one attached hydrogen (secondary N) is 1. The highest BCUT2D eigenvalue weighted by Crippen LogP contribution is 2.04. The highest BCUT2D eigenvalue weighted by molar-refractivity contribution is 5.23. The van der Waals surface area contributed by atoms with Gasteiger partial charge in [-0.25, -0.2) is 0 Å². The van der Waals surface area contributed by atoms with E-state index in [4.69, 9.17) is 5.84 Å². The third kappa shape index (κ3) is 2.33. The van der Waals surface area contributed by atoms with Crippen molar-refractivity contribution >= 4 is 0 Å². The molecule has 0 saturated carbocycles. The number of aryl methyl sites for hydroxylation is 1. The molecule has 0 heterocycles. The minimum Gasteiger partial charge on any atom is -0.271 e. The largest absolute Gasteiger partial charge is 0.271 e. The lowest BCUT2D eigenvalue weighted by molar-refractivity contribution is 0.740. The summed E-state index contributed by atoms with van der Waals surface area (Å²) < 4.78 is 0. The van der Waals surface area contributed by atoms with E-state index in [-0.39, 0.29) is 0 Å². The van der Waals surface area contributed by atoms with Crippen LogP contribution in [-0.4, -0.2) is 0 Å². The first kappa shape index (κ1) is 8.24. The molecule has 0 unspecified atom stereocenters. The maximum absolute atomic E-state index is 5.20. The van der Waals surface area contributed by atoms with Crippen LogP contribution in [-0.2, 0) is 13.0 Å². The average Bonchev–Trinajstić information content (AvgIpc) is 2.06. The van der Waals surface area contributed by atoms with Crippen LogP contribution in [0.5, 0.6) is 0 Å². The van der Waals surface area contributed by atoms with Crippen molar-refractivity contribution in [3.8, 4) is 0 Å². The van der Waals surface area contributed by atoms with Crippen molar-refractivity contribution in [1.29, 1.82) is 0 Å². The third-order valence-corrected chi connectivity index (χ3v) is 1.71. The fraction of sp³-hybridized carbons (Fsp3) is 0.333. The van der Waals surface area contributed by atoms with E-state index < -0.39 is 0 Å². The Labute approximate surface area is 67.4 Å². The zero-order chi connectivity index (χ0) is 8.10. The second kappa shape index (κ2) is 4.11. The van der Waals surface area contributed by atoms with Crippen molar-refractivity contribution in [3.63, 3.8) is 0 Å². The molecule has 0 aliphatic rings. The molecule has 0 spiro atoms. The lowest BCUT2D eigenvalue weighted by atomic mass is 10.1. The van der Waals surface area contributed by atoms with Crippen LogP contribution in [0.1, 0.15) is 18.1 Å². The van der Waals surface area contributed by atoms with Gasteiger partial charge >= 0.3 is 0 Å². The quantitative estimate of drug-likeness (QED) is 0.502. The summed E-state index contributed by atoms with van der Waals surface area (Å²) in [5.74, 6) is 5.20. The third-order valence-electron chi connectivity index (χ3n) is 1.71. The van der Waals surface area contributed by atoms with Gasteiger partial charge in [-0.2, -0.15) is 0 Å². The van der Waals surface area contributed by atoms with E-state index in [1.165, 1.54) is 11.1 Å². The molecule has 1 rings (SSSR count). The van der Waals surface area contributed by atoms with E-state index in [1.54, 1.807) is 0 Å². The van der Waals surface area contributed by atoms with Crippen molar-refractivity contribution in [3.05, 3.63) is 35.4 Å². The average molecular weight is 150 g/mol. The van der Waals surface area contributed by atoms with Gasteiger partial charge in [0.2, 0.25) is 0 Å². The van der Waals surface area contributed by atoms with Gasteiger partial charge in [0.05, 0.1) is 0 Å². The molecule has 0 fully saturated rings. The zero-order valence-corrected chi connectivity index (χ0v) is 6.80. The molecule has 0 atom stereocenters. The summed E-state index contributed by atoms with van der Waals surface area (Å²) in [6, 6.07) is 8.42. The van der Waals surface area contributed by atoms with Crippen molar-refractivity contribution in [1.82, 2.24) is 5.43 Å². The van der Waals surface area contributed by atoms with Gasteiger partial charge in [-0.15, -0.1) is 0 Å². The molecule has 0 amide bonds. The smallest absolute Gasteiger partial charge is 0.0348 e. The Morgan fingerprint density at radius 1 is 1.36 bits per heavy atom. The summed E-state index contributed by atoms with van der Waals surface area (Å²) in [7, 11) is 0. The molecule has 3 N–H and O–H groups in total. The standard InChI is InChI=1S/C9H14N2/c1-2-8-4-3-5-9(6-8)7-11-10/h3-6,11H,2,7,10H2,1H3. The molecular weight excluding hydrogens is 136 g/mol. The molecule has 2 nitrogen and oxygen atoms in total. The molecule has 1 aromatic carbocycles. The van der Waals surface area contributed by atoms with E-state index in [2.05, 4.69) is 36.6 Å². The van der Waals surface area contributed by atoms with E-state index >= 15 is 0 Å². The second-order valence-corrected chi connectivity index (χ2v) is 2.55. The lowest BCUT2D eigenvalue weighted by Gasteiger charge is -2.01. The minimum atomic E-state index is 0.744. The predicted molar refractivity (Wildman–Crippen MR) is 46.8 cm³/mol. The summed E-state index contributed by atoms with van der Waals surface area (Å²) in [4.78, 5) is 0. The van der Waals surface area contributed by atoms with Crippen molar-refractivity contribution in [2.24, 2.45) is 5.84 Å². The minimum absolute atomic E-state index is 0.744.